The zero-order chi connectivity index (χ0) is 18.5. The van der Waals surface area contributed by atoms with E-state index in [4.69, 9.17) is 14.2 Å². The number of nitrogens with one attached hydrogen (secondary N) is 1. The molecular formula is C19H19NO5S. The van der Waals surface area contributed by atoms with Gasteiger partial charge in [-0.3, -0.25) is 4.79 Å². The Bertz CT molecular complexity index is 837. The van der Waals surface area contributed by atoms with Crippen molar-refractivity contribution in [3.05, 3.63) is 47.5 Å². The second kappa shape index (κ2) is 8.14. The zero-order valence-corrected chi connectivity index (χ0v) is 15.4. The first-order valence-electron chi connectivity index (χ1n) is 8.08. The number of anilines is 1. The number of ether oxygens (including phenoxy) is 3. The molecule has 3 rings (SSSR count). The van der Waals surface area contributed by atoms with E-state index in [0.29, 0.717) is 30.2 Å². The predicted molar refractivity (Wildman–Crippen MR) is 99.3 cm³/mol. The lowest BCUT2D eigenvalue weighted by Crippen LogP contribution is -2.16. The highest BCUT2D eigenvalue weighted by Gasteiger charge is 2.14. The Morgan fingerprint density at radius 2 is 1.88 bits per heavy atom. The summed E-state index contributed by atoms with van der Waals surface area (Å²) in [5.41, 5.74) is 1.86. The smallest absolute Gasteiger partial charge is 0.337 e. The van der Waals surface area contributed by atoms with Crippen molar-refractivity contribution in [1.82, 2.24) is 0 Å². The normalized spacial score (nSPS) is 12.4. The summed E-state index contributed by atoms with van der Waals surface area (Å²) in [6, 6.07) is 10.7. The molecule has 1 N–H and O–H groups in total. The molecule has 1 amide bonds. The van der Waals surface area contributed by atoms with Gasteiger partial charge in [-0.25, -0.2) is 4.79 Å². The summed E-state index contributed by atoms with van der Waals surface area (Å²) in [5.74, 6) is 1.06. The third kappa shape index (κ3) is 4.29. The van der Waals surface area contributed by atoms with E-state index >= 15 is 0 Å². The van der Waals surface area contributed by atoms with Gasteiger partial charge in [-0.2, -0.15) is 0 Å². The maximum Gasteiger partial charge on any atom is 0.337 e. The number of aryl methyl sites for hydroxylation is 1. The van der Waals surface area contributed by atoms with Crippen LogP contribution in [-0.4, -0.2) is 38.0 Å². The Hall–Kier alpha value is -2.67. The minimum Gasteiger partial charge on any atom is -0.486 e. The maximum absolute atomic E-state index is 12.3. The Morgan fingerprint density at radius 1 is 1.12 bits per heavy atom. The lowest BCUT2D eigenvalue weighted by molar-refractivity contribution is -0.113. The van der Waals surface area contributed by atoms with Crippen LogP contribution in [0.3, 0.4) is 0 Å². The summed E-state index contributed by atoms with van der Waals surface area (Å²) in [6.45, 7) is 2.94. The van der Waals surface area contributed by atoms with Crippen LogP contribution >= 0.6 is 11.8 Å². The van der Waals surface area contributed by atoms with Crippen LogP contribution in [0.5, 0.6) is 11.5 Å². The van der Waals surface area contributed by atoms with Crippen LogP contribution in [0.1, 0.15) is 15.9 Å². The lowest BCUT2D eigenvalue weighted by atomic mass is 10.1. The highest BCUT2D eigenvalue weighted by molar-refractivity contribution is 8.00. The minimum atomic E-state index is -0.439. The number of hydrogen-bond donors (Lipinski definition) is 1. The summed E-state index contributed by atoms with van der Waals surface area (Å²) in [4.78, 5) is 24.8. The molecule has 2 aromatic rings. The number of esters is 1. The van der Waals surface area contributed by atoms with Gasteiger partial charge in [0.1, 0.15) is 13.2 Å². The fourth-order valence-corrected chi connectivity index (χ4v) is 3.17. The standard InChI is InChI=1S/C19H19NO5S/c1-12-3-4-13(19(22)23-2)9-15(12)20-18(21)11-26-14-5-6-16-17(10-14)25-8-7-24-16/h3-6,9-10H,7-8,11H2,1-2H3,(H,20,21). The maximum atomic E-state index is 12.3. The van der Waals surface area contributed by atoms with Gasteiger partial charge >= 0.3 is 5.97 Å². The molecule has 0 aliphatic carbocycles. The van der Waals surface area contributed by atoms with E-state index in [0.717, 1.165) is 16.2 Å². The van der Waals surface area contributed by atoms with Crippen LogP contribution in [-0.2, 0) is 9.53 Å². The van der Waals surface area contributed by atoms with E-state index in [9.17, 15) is 9.59 Å². The Kier molecular flexibility index (Phi) is 5.68. The topological polar surface area (TPSA) is 73.9 Å². The largest absolute Gasteiger partial charge is 0.486 e. The minimum absolute atomic E-state index is 0.157. The van der Waals surface area contributed by atoms with Crippen molar-refractivity contribution >= 4 is 29.3 Å². The Morgan fingerprint density at radius 3 is 2.65 bits per heavy atom. The zero-order valence-electron chi connectivity index (χ0n) is 14.5. The third-order valence-electron chi connectivity index (χ3n) is 3.82. The molecule has 0 unspecified atom stereocenters. The molecule has 1 heterocycles. The molecule has 0 fully saturated rings. The third-order valence-corrected chi connectivity index (χ3v) is 4.81. The van der Waals surface area contributed by atoms with Gasteiger partial charge in [0, 0.05) is 10.6 Å². The first kappa shape index (κ1) is 18.1. The monoisotopic (exact) mass is 373 g/mol. The van der Waals surface area contributed by atoms with Crippen LogP contribution in [0.4, 0.5) is 5.69 Å². The number of carbonyl (C=O) groups is 2. The van der Waals surface area contributed by atoms with Gasteiger partial charge in [-0.1, -0.05) is 6.07 Å². The molecule has 0 saturated heterocycles. The molecule has 26 heavy (non-hydrogen) atoms. The molecule has 6 nitrogen and oxygen atoms in total. The number of thioether (sulfide) groups is 1. The van der Waals surface area contributed by atoms with E-state index in [-0.39, 0.29) is 11.7 Å². The highest BCUT2D eigenvalue weighted by atomic mass is 32.2. The van der Waals surface area contributed by atoms with Crippen molar-refractivity contribution in [3.63, 3.8) is 0 Å². The van der Waals surface area contributed by atoms with E-state index in [1.54, 1.807) is 18.2 Å². The first-order valence-corrected chi connectivity index (χ1v) is 9.06. The summed E-state index contributed by atoms with van der Waals surface area (Å²) >= 11 is 1.40. The Labute approximate surface area is 155 Å². The second-order valence-corrected chi connectivity index (χ2v) is 6.71. The fraction of sp³-hybridized carbons (Fsp3) is 0.263. The lowest BCUT2D eigenvalue weighted by Gasteiger charge is -2.18. The van der Waals surface area contributed by atoms with Crippen molar-refractivity contribution in [1.29, 1.82) is 0 Å². The highest BCUT2D eigenvalue weighted by Crippen LogP contribution is 2.34. The quantitative estimate of drug-likeness (QED) is 0.640. The molecule has 0 atom stereocenters. The van der Waals surface area contributed by atoms with E-state index < -0.39 is 5.97 Å². The molecular weight excluding hydrogens is 354 g/mol. The van der Waals surface area contributed by atoms with Crippen LogP contribution in [0.2, 0.25) is 0 Å². The van der Waals surface area contributed by atoms with E-state index in [1.807, 2.05) is 25.1 Å². The van der Waals surface area contributed by atoms with E-state index in [2.05, 4.69) is 5.32 Å². The van der Waals surface area contributed by atoms with Gasteiger partial charge in [0.15, 0.2) is 11.5 Å². The van der Waals surface area contributed by atoms with Crippen molar-refractivity contribution < 1.29 is 23.8 Å². The molecule has 0 saturated carbocycles. The van der Waals surface area contributed by atoms with Gasteiger partial charge in [-0.05, 0) is 42.8 Å². The number of fused-ring (bicyclic) bond motifs is 1. The molecule has 0 spiro atoms. The van der Waals surface area contributed by atoms with Crippen molar-refractivity contribution in [3.8, 4) is 11.5 Å². The summed E-state index contributed by atoms with van der Waals surface area (Å²) in [6.07, 6.45) is 0. The molecule has 7 heteroatoms. The molecule has 0 radical (unpaired) electrons. The molecule has 1 aliphatic heterocycles. The van der Waals surface area contributed by atoms with Gasteiger partial charge in [0.05, 0.1) is 18.4 Å². The van der Waals surface area contributed by atoms with Gasteiger partial charge in [0.25, 0.3) is 0 Å². The van der Waals surface area contributed by atoms with Crippen LogP contribution < -0.4 is 14.8 Å². The Balaban J connectivity index is 1.62. The van der Waals surface area contributed by atoms with Gasteiger partial charge < -0.3 is 19.5 Å². The summed E-state index contributed by atoms with van der Waals surface area (Å²) in [7, 11) is 1.32. The van der Waals surface area contributed by atoms with Crippen molar-refractivity contribution in [2.45, 2.75) is 11.8 Å². The predicted octanol–water partition coefficient (Wildman–Crippen LogP) is 3.28. The summed E-state index contributed by atoms with van der Waals surface area (Å²) < 4.78 is 15.7. The van der Waals surface area contributed by atoms with Crippen LogP contribution in [0, 0.1) is 6.92 Å². The second-order valence-electron chi connectivity index (χ2n) is 5.66. The average molecular weight is 373 g/mol. The van der Waals surface area contributed by atoms with Crippen molar-refractivity contribution in [2.75, 3.05) is 31.4 Å². The van der Waals surface area contributed by atoms with Gasteiger partial charge in [-0.15, -0.1) is 11.8 Å². The SMILES string of the molecule is COC(=O)c1ccc(C)c(NC(=O)CSc2ccc3c(c2)OCCO3)c1. The first-order chi connectivity index (χ1) is 12.6. The molecule has 0 bridgehead atoms. The number of benzene rings is 2. The number of rotatable bonds is 5. The molecule has 136 valence electrons. The molecule has 1 aliphatic rings. The number of methoxy groups -OCH3 is 1. The number of carbonyl (C=O) groups excluding carboxylic acids is 2. The molecule has 2 aromatic carbocycles. The average Bonchev–Trinajstić information content (AvgIpc) is 2.67. The van der Waals surface area contributed by atoms with Gasteiger partial charge in [0.2, 0.25) is 5.91 Å². The van der Waals surface area contributed by atoms with Crippen LogP contribution in [0.15, 0.2) is 41.3 Å². The summed E-state index contributed by atoms with van der Waals surface area (Å²) in [5, 5.41) is 2.84. The van der Waals surface area contributed by atoms with E-state index in [1.165, 1.54) is 18.9 Å². The fourth-order valence-electron chi connectivity index (χ4n) is 2.45. The number of hydrogen-bond acceptors (Lipinski definition) is 6. The molecule has 0 aromatic heterocycles. The van der Waals surface area contributed by atoms with Crippen molar-refractivity contribution in [2.24, 2.45) is 0 Å². The number of amides is 1. The van der Waals surface area contributed by atoms with Crippen LogP contribution in [0.25, 0.3) is 0 Å².